The topological polar surface area (TPSA) is 18.6 Å². The molecule has 0 atom stereocenters. The van der Waals surface area contributed by atoms with E-state index in [2.05, 4.69) is 220 Å². The van der Waals surface area contributed by atoms with Gasteiger partial charge in [0.1, 0.15) is 0 Å². The van der Waals surface area contributed by atoms with Crippen molar-refractivity contribution in [3.05, 3.63) is 273 Å². The highest BCUT2D eigenvalue weighted by Crippen LogP contribution is 2.52. The van der Waals surface area contributed by atoms with Crippen molar-refractivity contribution in [2.24, 2.45) is 0 Å². The van der Waals surface area contributed by atoms with Gasteiger partial charge in [0, 0.05) is 38.4 Å². The maximum atomic E-state index is 15.9. The Hall–Kier alpha value is -10.2. The first-order valence-corrected chi connectivity index (χ1v) is 28.2. The van der Waals surface area contributed by atoms with Crippen LogP contribution >= 0.6 is 0 Å². The Bertz CT molecular complexity index is 4790. The summed E-state index contributed by atoms with van der Waals surface area (Å²) in [7, 11) is 0. The van der Waals surface area contributed by atoms with Crippen molar-refractivity contribution >= 4 is 55.0 Å². The molecule has 0 saturated carbocycles. The molecular formula is C77H57F3N4. The van der Waals surface area contributed by atoms with Crippen LogP contribution in [0.5, 0.6) is 0 Å². The molecule has 2 aromatic heterocycles. The zero-order valence-corrected chi connectivity index (χ0v) is 48.0. The van der Waals surface area contributed by atoms with E-state index in [1.807, 2.05) is 24.3 Å². The van der Waals surface area contributed by atoms with Gasteiger partial charge < -0.3 is 9.13 Å². The lowest BCUT2D eigenvalue weighted by Crippen LogP contribution is -2.09. The summed E-state index contributed by atoms with van der Waals surface area (Å²) in [6.45, 7) is 33.8. The standard InChI is InChI=1S/C77H57F3N4/c1-44-17-26-57(48(5)35-44)52-21-31-69-63(39-52)64-40-53(58-27-18-45(2)36-49(58)6)22-32-70(64)83(69)73-15-11-13-62(61-30-25-56(81-9)43-67(61)77(78,79)80)75(73)76-68(82-10)14-12-16-74(76)84-71-33-23-54(59-28-19-46(3)37-50(59)7)41-65(71)66-42-55(24-34-72(66)84)60-29-20-47(4)38-51(60)8/h11-43H,1-8H3. The number of benzene rings is 11. The monoisotopic (exact) mass is 1090 g/mol. The highest BCUT2D eigenvalue weighted by Gasteiger charge is 2.36. The summed E-state index contributed by atoms with van der Waals surface area (Å²) in [6.07, 6.45) is -4.85. The predicted octanol–water partition coefficient (Wildman–Crippen LogP) is 22.5. The SMILES string of the molecule is [C-]#[N+]c1ccc(-c2cccc(-n3c4ccc(-c5ccc(C)cc5C)cc4c4cc(-c5ccc(C)cc5C)ccc43)c2-c2c([N+]#[C-])cccc2-n2c3ccc(-c4ccc(C)cc4C)cc3c3cc(-c4ccc(C)cc4C)ccc32)c(C(F)(F)F)c1. The number of hydrogen-bond donors (Lipinski definition) is 0. The van der Waals surface area contributed by atoms with Crippen LogP contribution in [0.2, 0.25) is 0 Å². The van der Waals surface area contributed by atoms with Crippen molar-refractivity contribution in [3.8, 4) is 78.1 Å². The van der Waals surface area contributed by atoms with Crippen LogP contribution in [0.1, 0.15) is 50.1 Å². The molecule has 0 spiro atoms. The molecule has 406 valence electrons. The van der Waals surface area contributed by atoms with Gasteiger partial charge in [0.05, 0.1) is 46.5 Å². The third-order valence-corrected chi connectivity index (χ3v) is 16.9. The number of nitrogens with zero attached hydrogens (tertiary/aromatic N) is 4. The molecule has 84 heavy (non-hydrogen) atoms. The molecule has 11 aromatic carbocycles. The Kier molecular flexibility index (Phi) is 12.9. The van der Waals surface area contributed by atoms with E-state index < -0.39 is 11.7 Å². The maximum absolute atomic E-state index is 15.9. The molecule has 4 nitrogen and oxygen atoms in total. The van der Waals surface area contributed by atoms with Crippen LogP contribution in [-0.2, 0) is 6.18 Å². The minimum absolute atomic E-state index is 0.106. The molecule has 0 aliphatic heterocycles. The van der Waals surface area contributed by atoms with Crippen molar-refractivity contribution < 1.29 is 13.2 Å². The smallest absolute Gasteiger partial charge is 0.310 e. The lowest BCUT2D eigenvalue weighted by molar-refractivity contribution is -0.137. The molecule has 2 heterocycles. The van der Waals surface area contributed by atoms with Crippen LogP contribution in [0.15, 0.2) is 200 Å². The number of aryl methyl sites for hydroxylation is 8. The normalized spacial score (nSPS) is 11.7. The Morgan fingerprint density at radius 1 is 0.333 bits per heavy atom. The first-order valence-electron chi connectivity index (χ1n) is 28.2. The van der Waals surface area contributed by atoms with Gasteiger partial charge in [-0.25, -0.2) is 9.69 Å². The molecule has 0 bridgehead atoms. The largest absolute Gasteiger partial charge is 0.415 e. The van der Waals surface area contributed by atoms with E-state index >= 15 is 13.2 Å². The Morgan fingerprint density at radius 3 is 1.04 bits per heavy atom. The number of hydrogen-bond acceptors (Lipinski definition) is 0. The fraction of sp³-hybridized carbons (Fsp3) is 0.117. The van der Waals surface area contributed by atoms with E-state index in [0.717, 1.165) is 116 Å². The number of halogens is 3. The molecule has 13 rings (SSSR count). The van der Waals surface area contributed by atoms with Gasteiger partial charge in [0.25, 0.3) is 0 Å². The molecule has 7 heteroatoms. The van der Waals surface area contributed by atoms with Gasteiger partial charge in [-0.1, -0.05) is 156 Å². The van der Waals surface area contributed by atoms with E-state index in [1.54, 1.807) is 12.1 Å². The zero-order valence-electron chi connectivity index (χ0n) is 48.0. The molecule has 13 aromatic rings. The summed E-state index contributed by atoms with van der Waals surface area (Å²) >= 11 is 0. The number of aromatic nitrogens is 2. The van der Waals surface area contributed by atoms with E-state index in [9.17, 15) is 0 Å². The average molecular weight is 1100 g/mol. The van der Waals surface area contributed by atoms with Crippen LogP contribution < -0.4 is 0 Å². The van der Waals surface area contributed by atoms with Crippen LogP contribution in [0.25, 0.3) is 131 Å². The number of alkyl halides is 3. The molecule has 0 aliphatic carbocycles. The van der Waals surface area contributed by atoms with Gasteiger partial charge in [-0.2, -0.15) is 13.2 Å². The van der Waals surface area contributed by atoms with Gasteiger partial charge in [0.15, 0.2) is 11.4 Å². The molecule has 0 amide bonds. The molecule has 0 unspecified atom stereocenters. The number of fused-ring (bicyclic) bond motifs is 6. The van der Waals surface area contributed by atoms with Gasteiger partial charge in [-0.05, 0) is 200 Å². The zero-order chi connectivity index (χ0) is 58.5. The van der Waals surface area contributed by atoms with Crippen LogP contribution in [-0.4, -0.2) is 9.13 Å². The first kappa shape index (κ1) is 53.1. The molecule has 0 radical (unpaired) electrons. The van der Waals surface area contributed by atoms with Gasteiger partial charge >= 0.3 is 6.18 Å². The summed E-state index contributed by atoms with van der Waals surface area (Å²) in [4.78, 5) is 7.75. The Balaban J connectivity index is 1.17. The highest BCUT2D eigenvalue weighted by atomic mass is 19.4. The first-order chi connectivity index (χ1) is 40.5. The summed E-state index contributed by atoms with van der Waals surface area (Å²) in [5.41, 5.74) is 22.7. The highest BCUT2D eigenvalue weighted by molar-refractivity contribution is 6.15. The summed E-state index contributed by atoms with van der Waals surface area (Å²) in [5.74, 6) is 0. The van der Waals surface area contributed by atoms with E-state index in [4.69, 9.17) is 13.1 Å². The van der Waals surface area contributed by atoms with Crippen LogP contribution in [0.3, 0.4) is 0 Å². The van der Waals surface area contributed by atoms with Crippen molar-refractivity contribution in [1.29, 1.82) is 0 Å². The average Bonchev–Trinajstić information content (AvgIpc) is 1.89. The van der Waals surface area contributed by atoms with Gasteiger partial charge in [-0.15, -0.1) is 0 Å². The van der Waals surface area contributed by atoms with Crippen molar-refractivity contribution in [2.75, 3.05) is 0 Å². The van der Waals surface area contributed by atoms with Gasteiger partial charge in [-0.3, -0.25) is 0 Å². The molecule has 0 fully saturated rings. The van der Waals surface area contributed by atoms with E-state index in [1.165, 1.54) is 34.4 Å². The quantitative estimate of drug-likeness (QED) is 0.135. The molecule has 0 N–H and O–H groups in total. The lowest BCUT2D eigenvalue weighted by Gasteiger charge is -2.24. The van der Waals surface area contributed by atoms with Crippen LogP contribution in [0.4, 0.5) is 24.5 Å². The van der Waals surface area contributed by atoms with Crippen molar-refractivity contribution in [2.45, 2.75) is 61.6 Å². The predicted molar refractivity (Wildman–Crippen MR) is 343 cm³/mol. The Labute approximate surface area is 487 Å². The van der Waals surface area contributed by atoms with Crippen LogP contribution in [0, 0.1) is 68.5 Å². The summed E-state index contributed by atoms with van der Waals surface area (Å²) in [5, 5.41) is 3.89. The third-order valence-electron chi connectivity index (χ3n) is 16.9. The fourth-order valence-electron chi connectivity index (χ4n) is 13.1. The molecule has 0 saturated heterocycles. The maximum Gasteiger partial charge on any atom is 0.415 e. The molecule has 0 aliphatic rings. The van der Waals surface area contributed by atoms with Crippen molar-refractivity contribution in [3.63, 3.8) is 0 Å². The van der Waals surface area contributed by atoms with Gasteiger partial charge in [0.2, 0.25) is 0 Å². The minimum Gasteiger partial charge on any atom is -0.310 e. The second-order valence-corrected chi connectivity index (χ2v) is 22.7. The second-order valence-electron chi connectivity index (χ2n) is 22.7. The van der Waals surface area contributed by atoms with E-state index in [0.29, 0.717) is 22.5 Å². The third kappa shape index (κ3) is 8.92. The second kappa shape index (κ2) is 20.3. The molecular weight excluding hydrogens is 1040 g/mol. The summed E-state index contributed by atoms with van der Waals surface area (Å²) in [6, 6.07) is 67.0. The lowest BCUT2D eigenvalue weighted by atomic mass is 9.88. The van der Waals surface area contributed by atoms with E-state index in [-0.39, 0.29) is 22.5 Å². The fourth-order valence-corrected chi connectivity index (χ4v) is 13.1. The minimum atomic E-state index is -4.85. The van der Waals surface area contributed by atoms with Crippen molar-refractivity contribution in [1.82, 2.24) is 9.13 Å². The Morgan fingerprint density at radius 2 is 0.690 bits per heavy atom. The summed E-state index contributed by atoms with van der Waals surface area (Å²) < 4.78 is 52.0. The number of rotatable bonds is 8.